The van der Waals surface area contributed by atoms with Crippen LogP contribution in [0.2, 0.25) is 0 Å². The zero-order valence-corrected chi connectivity index (χ0v) is 17.1. The second kappa shape index (κ2) is 9.18. The van der Waals surface area contributed by atoms with Crippen LogP contribution in [0.5, 0.6) is 0 Å². The van der Waals surface area contributed by atoms with Crippen LogP contribution in [-0.2, 0) is 17.8 Å². The number of piperidine rings is 1. The minimum atomic E-state index is 0.0921. The average molecular weight is 392 g/mol. The summed E-state index contributed by atoms with van der Waals surface area (Å²) in [4.78, 5) is 19.1. The minimum Gasteiger partial charge on any atom is -0.340 e. The Bertz CT molecular complexity index is 906. The maximum atomic E-state index is 13.2. The number of fused-ring (bicyclic) bond motifs is 1. The molecule has 2 aromatic carbocycles. The van der Waals surface area contributed by atoms with Crippen molar-refractivity contribution in [2.45, 2.75) is 25.8 Å². The van der Waals surface area contributed by atoms with E-state index in [2.05, 4.69) is 46.4 Å². The Morgan fingerprint density at radius 3 is 2.45 bits per heavy atom. The molecular weight excluding hydrogens is 362 g/mol. The average Bonchev–Trinajstić information content (AvgIpc) is 3.14. The van der Waals surface area contributed by atoms with Gasteiger partial charge in [0.1, 0.15) is 17.6 Å². The molecule has 152 valence electrons. The lowest BCUT2D eigenvalue weighted by Crippen LogP contribution is -2.43. The number of carbonyl (C=O) groups excluding carboxylic acids is 1. The van der Waals surface area contributed by atoms with E-state index in [0.29, 0.717) is 5.92 Å². The van der Waals surface area contributed by atoms with Crippen LogP contribution in [0.1, 0.15) is 18.4 Å². The van der Waals surface area contributed by atoms with Crippen molar-refractivity contribution in [3.05, 3.63) is 60.2 Å². The number of hydrogen-bond donors (Lipinski definition) is 0. The van der Waals surface area contributed by atoms with E-state index < -0.39 is 0 Å². The highest BCUT2D eigenvalue weighted by Crippen LogP contribution is 2.17. The molecule has 3 aromatic rings. The summed E-state index contributed by atoms with van der Waals surface area (Å²) in [5.41, 5.74) is 2.91. The van der Waals surface area contributed by atoms with E-state index in [9.17, 15) is 4.79 Å². The molecule has 0 bridgehead atoms. The molecule has 1 amide bonds. The Morgan fingerprint density at radius 2 is 1.76 bits per heavy atom. The smallest absolute Gasteiger partial charge is 0.246 e. The molecule has 0 aliphatic carbocycles. The molecule has 0 N–H and O–H groups in total. The van der Waals surface area contributed by atoms with Gasteiger partial charge in [-0.3, -0.25) is 4.79 Å². The first-order valence-electron chi connectivity index (χ1n) is 10.5. The fourth-order valence-corrected chi connectivity index (χ4v) is 4.16. The number of likely N-dealkylation sites (tertiary alicyclic amines) is 1. The van der Waals surface area contributed by atoms with Crippen molar-refractivity contribution in [3.8, 4) is 0 Å². The van der Waals surface area contributed by atoms with Crippen LogP contribution in [-0.4, -0.2) is 63.9 Å². The predicted octanol–water partition coefficient (Wildman–Crippen LogP) is 2.84. The lowest BCUT2D eigenvalue weighted by molar-refractivity contribution is -0.133. The molecule has 1 atom stereocenters. The number of hydrogen-bond acceptors (Lipinski definition) is 4. The van der Waals surface area contributed by atoms with E-state index in [1.54, 1.807) is 0 Å². The zero-order valence-electron chi connectivity index (χ0n) is 17.1. The maximum absolute atomic E-state index is 13.2. The van der Waals surface area contributed by atoms with E-state index in [-0.39, 0.29) is 12.5 Å². The third-order valence-electron chi connectivity index (χ3n) is 5.67. The molecule has 1 fully saturated rings. The molecule has 1 aliphatic heterocycles. The fourth-order valence-electron chi connectivity index (χ4n) is 4.16. The number of carbonyl (C=O) groups is 1. The summed E-state index contributed by atoms with van der Waals surface area (Å²) in [6.45, 7) is 3.92. The van der Waals surface area contributed by atoms with Crippen molar-refractivity contribution in [2.24, 2.45) is 5.92 Å². The molecule has 0 unspecified atom stereocenters. The van der Waals surface area contributed by atoms with Crippen molar-refractivity contribution in [2.75, 3.05) is 33.2 Å². The largest absolute Gasteiger partial charge is 0.340 e. The standard InChI is InChI=1S/C23H29N5O/c1-26-14-7-10-20(16-26)17-27(15-13-19-8-3-2-4-9-19)23(29)18-28-24-21-11-5-6-12-22(21)25-28/h2-6,8-9,11-12,20H,7,10,13-18H2,1H3/t20-/m1/s1. The summed E-state index contributed by atoms with van der Waals surface area (Å²) >= 11 is 0. The molecular formula is C23H29N5O. The van der Waals surface area contributed by atoms with Crippen molar-refractivity contribution < 1.29 is 4.79 Å². The third-order valence-corrected chi connectivity index (χ3v) is 5.67. The van der Waals surface area contributed by atoms with Crippen LogP contribution in [0.3, 0.4) is 0 Å². The predicted molar refractivity (Wildman–Crippen MR) is 114 cm³/mol. The maximum Gasteiger partial charge on any atom is 0.246 e. The molecule has 0 spiro atoms. The molecule has 29 heavy (non-hydrogen) atoms. The van der Waals surface area contributed by atoms with Gasteiger partial charge in [0.25, 0.3) is 0 Å². The lowest BCUT2D eigenvalue weighted by Gasteiger charge is -2.34. The molecule has 4 rings (SSSR count). The molecule has 2 heterocycles. The van der Waals surface area contributed by atoms with Gasteiger partial charge in [0.15, 0.2) is 0 Å². The van der Waals surface area contributed by atoms with Gasteiger partial charge in [-0.05, 0) is 56.5 Å². The van der Waals surface area contributed by atoms with Gasteiger partial charge in [0, 0.05) is 19.6 Å². The van der Waals surface area contributed by atoms with E-state index in [0.717, 1.165) is 43.6 Å². The van der Waals surface area contributed by atoms with Gasteiger partial charge in [-0.15, -0.1) is 0 Å². The monoisotopic (exact) mass is 391 g/mol. The van der Waals surface area contributed by atoms with Gasteiger partial charge in [-0.1, -0.05) is 42.5 Å². The third kappa shape index (κ3) is 5.21. The SMILES string of the molecule is CN1CCC[C@@H](CN(CCc2ccccc2)C(=O)Cn2nc3ccccc3n2)C1. The first-order valence-corrected chi connectivity index (χ1v) is 10.5. The fraction of sp³-hybridized carbons (Fsp3) is 0.435. The van der Waals surface area contributed by atoms with Crippen molar-refractivity contribution >= 4 is 16.9 Å². The van der Waals surface area contributed by atoms with Crippen LogP contribution in [0.25, 0.3) is 11.0 Å². The molecule has 1 saturated heterocycles. The van der Waals surface area contributed by atoms with E-state index in [1.807, 2.05) is 35.2 Å². The quantitative estimate of drug-likeness (QED) is 0.621. The molecule has 1 aromatic heterocycles. The summed E-state index contributed by atoms with van der Waals surface area (Å²) in [5, 5.41) is 8.92. The second-order valence-electron chi connectivity index (χ2n) is 8.06. The molecule has 0 saturated carbocycles. The Hall–Kier alpha value is -2.73. The molecule has 1 aliphatic rings. The highest BCUT2D eigenvalue weighted by molar-refractivity contribution is 5.77. The van der Waals surface area contributed by atoms with Crippen LogP contribution >= 0.6 is 0 Å². The van der Waals surface area contributed by atoms with Gasteiger partial charge < -0.3 is 9.80 Å². The van der Waals surface area contributed by atoms with Crippen LogP contribution in [0.4, 0.5) is 0 Å². The van der Waals surface area contributed by atoms with Crippen LogP contribution in [0.15, 0.2) is 54.6 Å². The van der Waals surface area contributed by atoms with Crippen molar-refractivity contribution in [1.82, 2.24) is 24.8 Å². The van der Waals surface area contributed by atoms with Gasteiger partial charge in [0.05, 0.1) is 0 Å². The van der Waals surface area contributed by atoms with Crippen molar-refractivity contribution in [3.63, 3.8) is 0 Å². The Kier molecular flexibility index (Phi) is 6.20. The highest BCUT2D eigenvalue weighted by atomic mass is 16.2. The van der Waals surface area contributed by atoms with Crippen LogP contribution < -0.4 is 0 Å². The summed E-state index contributed by atoms with van der Waals surface area (Å²) < 4.78 is 0. The number of aromatic nitrogens is 3. The second-order valence-corrected chi connectivity index (χ2v) is 8.06. The number of amides is 1. The van der Waals surface area contributed by atoms with Crippen molar-refractivity contribution in [1.29, 1.82) is 0 Å². The normalized spacial score (nSPS) is 17.5. The minimum absolute atomic E-state index is 0.0921. The highest BCUT2D eigenvalue weighted by Gasteiger charge is 2.23. The first kappa shape index (κ1) is 19.6. The number of benzene rings is 2. The number of rotatable bonds is 7. The summed E-state index contributed by atoms with van der Waals surface area (Å²) in [7, 11) is 2.17. The Labute approximate surface area is 172 Å². The molecule has 6 heteroatoms. The zero-order chi connectivity index (χ0) is 20.1. The summed E-state index contributed by atoms with van der Waals surface area (Å²) in [6.07, 6.45) is 3.25. The van der Waals surface area contributed by atoms with Gasteiger partial charge >= 0.3 is 0 Å². The van der Waals surface area contributed by atoms with Gasteiger partial charge in [0.2, 0.25) is 5.91 Å². The van der Waals surface area contributed by atoms with E-state index in [1.165, 1.54) is 23.2 Å². The topological polar surface area (TPSA) is 54.3 Å². The summed E-state index contributed by atoms with van der Waals surface area (Å²) in [5.74, 6) is 0.618. The van der Waals surface area contributed by atoms with Crippen LogP contribution in [0, 0.1) is 5.92 Å². The number of nitrogens with zero attached hydrogens (tertiary/aromatic N) is 5. The summed E-state index contributed by atoms with van der Waals surface area (Å²) in [6, 6.07) is 18.1. The van der Waals surface area contributed by atoms with Gasteiger partial charge in [-0.25, -0.2) is 0 Å². The first-order chi connectivity index (χ1) is 14.2. The molecule has 0 radical (unpaired) electrons. The van der Waals surface area contributed by atoms with Gasteiger partial charge in [-0.2, -0.15) is 15.0 Å². The van der Waals surface area contributed by atoms with E-state index >= 15 is 0 Å². The lowest BCUT2D eigenvalue weighted by atomic mass is 9.97. The van der Waals surface area contributed by atoms with E-state index in [4.69, 9.17) is 0 Å². The Morgan fingerprint density at radius 1 is 1.07 bits per heavy atom. The molecule has 6 nitrogen and oxygen atoms in total. The Balaban J connectivity index is 1.45.